The van der Waals surface area contributed by atoms with Gasteiger partial charge in [0.15, 0.2) is 0 Å². The van der Waals surface area contributed by atoms with E-state index in [9.17, 15) is 4.79 Å². The lowest BCUT2D eigenvalue weighted by Gasteiger charge is -2.44. The lowest BCUT2D eigenvalue weighted by molar-refractivity contribution is -0.000231. The number of piperidine rings is 2. The van der Waals surface area contributed by atoms with Crippen molar-refractivity contribution in [1.82, 2.24) is 10.2 Å². The Hall–Kier alpha value is -0.770. The van der Waals surface area contributed by atoms with E-state index in [1.165, 1.54) is 6.42 Å². The van der Waals surface area contributed by atoms with E-state index in [1.54, 1.807) is 0 Å². The molecule has 1 N–H and O–H groups in total. The quantitative estimate of drug-likeness (QED) is 0.705. The summed E-state index contributed by atoms with van der Waals surface area (Å²) in [6.45, 7) is 7.70. The van der Waals surface area contributed by atoms with Crippen molar-refractivity contribution in [3.8, 4) is 0 Å². The van der Waals surface area contributed by atoms with Crippen molar-refractivity contribution < 1.29 is 9.53 Å². The first-order valence-corrected chi connectivity index (χ1v) is 6.70. The summed E-state index contributed by atoms with van der Waals surface area (Å²) in [5, 5.41) is 3.52. The van der Waals surface area contributed by atoms with Crippen molar-refractivity contribution in [1.29, 1.82) is 0 Å². The molecule has 0 saturated carbocycles. The van der Waals surface area contributed by atoms with Gasteiger partial charge in [-0.1, -0.05) is 0 Å². The maximum absolute atomic E-state index is 12.1. The summed E-state index contributed by atoms with van der Waals surface area (Å²) in [5.74, 6) is 0. The first kappa shape index (κ1) is 12.7. The second-order valence-corrected chi connectivity index (χ2v) is 6.09. The highest BCUT2D eigenvalue weighted by molar-refractivity contribution is 5.68. The summed E-state index contributed by atoms with van der Waals surface area (Å²) in [5.41, 5.74) is -0.397. The van der Waals surface area contributed by atoms with Crippen molar-refractivity contribution >= 4 is 6.09 Å². The Morgan fingerprint density at radius 2 is 2.06 bits per heavy atom. The van der Waals surface area contributed by atoms with E-state index < -0.39 is 5.60 Å². The first-order chi connectivity index (χ1) is 7.97. The van der Waals surface area contributed by atoms with E-state index in [0.717, 1.165) is 32.4 Å². The molecular weight excluding hydrogens is 216 g/mol. The number of hydrogen-bond donors (Lipinski definition) is 1. The van der Waals surface area contributed by atoms with Crippen LogP contribution >= 0.6 is 0 Å². The number of hydrogen-bond acceptors (Lipinski definition) is 3. The molecule has 1 amide bonds. The third kappa shape index (κ3) is 3.12. The van der Waals surface area contributed by atoms with Crippen LogP contribution in [-0.4, -0.2) is 41.8 Å². The zero-order valence-electron chi connectivity index (χ0n) is 11.2. The molecule has 0 aromatic carbocycles. The van der Waals surface area contributed by atoms with E-state index >= 15 is 0 Å². The Balaban J connectivity index is 2.01. The first-order valence-electron chi connectivity index (χ1n) is 6.70. The van der Waals surface area contributed by atoms with Gasteiger partial charge in [0.25, 0.3) is 0 Å². The molecule has 17 heavy (non-hydrogen) atoms. The van der Waals surface area contributed by atoms with Gasteiger partial charge in [-0.25, -0.2) is 4.79 Å². The summed E-state index contributed by atoms with van der Waals surface area (Å²) in [4.78, 5) is 14.1. The predicted octanol–water partition coefficient (Wildman–Crippen LogP) is 2.14. The molecule has 0 aromatic rings. The number of nitrogens with one attached hydrogen (secondary N) is 1. The molecular formula is C13H24N2O2. The van der Waals surface area contributed by atoms with Crippen LogP contribution < -0.4 is 5.32 Å². The standard InChI is InChI=1S/C13H24N2O2/c1-13(2,3)17-12(16)15-9-5-6-10-11(15)7-4-8-14-10/h10-11,14H,4-9H2,1-3H3/t10-,11-/m1/s1. The Morgan fingerprint density at radius 3 is 2.76 bits per heavy atom. The average Bonchev–Trinajstić information content (AvgIpc) is 2.26. The highest BCUT2D eigenvalue weighted by Gasteiger charge is 2.37. The van der Waals surface area contributed by atoms with Gasteiger partial charge in [0.05, 0.1) is 6.04 Å². The van der Waals surface area contributed by atoms with Gasteiger partial charge in [-0.15, -0.1) is 0 Å². The number of likely N-dealkylation sites (tertiary alicyclic amines) is 1. The number of carbonyl (C=O) groups is 1. The van der Waals surface area contributed by atoms with E-state index in [-0.39, 0.29) is 6.09 Å². The Kier molecular flexibility index (Phi) is 3.61. The van der Waals surface area contributed by atoms with Crippen LogP contribution in [0.15, 0.2) is 0 Å². The van der Waals surface area contributed by atoms with Gasteiger partial charge in [0.1, 0.15) is 5.60 Å². The minimum absolute atomic E-state index is 0.143. The molecule has 0 aromatic heterocycles. The Morgan fingerprint density at radius 1 is 1.29 bits per heavy atom. The van der Waals surface area contributed by atoms with Gasteiger partial charge in [-0.2, -0.15) is 0 Å². The fourth-order valence-electron chi connectivity index (χ4n) is 2.80. The molecule has 2 aliphatic heterocycles. The predicted molar refractivity (Wildman–Crippen MR) is 67.0 cm³/mol. The second-order valence-electron chi connectivity index (χ2n) is 6.09. The van der Waals surface area contributed by atoms with Crippen LogP contribution in [-0.2, 0) is 4.74 Å². The van der Waals surface area contributed by atoms with E-state index in [4.69, 9.17) is 4.74 Å². The molecule has 98 valence electrons. The van der Waals surface area contributed by atoms with Crippen LogP contribution in [0.3, 0.4) is 0 Å². The Bertz CT molecular complexity index is 284. The van der Waals surface area contributed by atoms with Crippen molar-refractivity contribution in [2.24, 2.45) is 0 Å². The van der Waals surface area contributed by atoms with Gasteiger partial charge in [-0.05, 0) is 53.0 Å². The second kappa shape index (κ2) is 4.84. The summed E-state index contributed by atoms with van der Waals surface area (Å²) >= 11 is 0. The third-order valence-corrected chi connectivity index (χ3v) is 3.49. The number of rotatable bonds is 0. The molecule has 2 rings (SSSR count). The molecule has 4 heteroatoms. The summed E-state index contributed by atoms with van der Waals surface area (Å²) < 4.78 is 5.49. The summed E-state index contributed by atoms with van der Waals surface area (Å²) in [6.07, 6.45) is 4.38. The fraction of sp³-hybridized carbons (Fsp3) is 0.923. The van der Waals surface area contributed by atoms with Crippen LogP contribution in [0.4, 0.5) is 4.79 Å². The van der Waals surface area contributed by atoms with Crippen molar-refractivity contribution in [2.45, 2.75) is 64.1 Å². The highest BCUT2D eigenvalue weighted by atomic mass is 16.6. The molecule has 2 heterocycles. The molecule has 2 aliphatic rings. The summed E-state index contributed by atoms with van der Waals surface area (Å²) in [7, 11) is 0. The zero-order chi connectivity index (χ0) is 12.5. The van der Waals surface area contributed by atoms with Gasteiger partial charge in [-0.3, -0.25) is 0 Å². The summed E-state index contributed by atoms with van der Waals surface area (Å²) in [6, 6.07) is 0.817. The smallest absolute Gasteiger partial charge is 0.410 e. The van der Waals surface area contributed by atoms with Gasteiger partial charge in [0.2, 0.25) is 0 Å². The van der Waals surface area contributed by atoms with Crippen LogP contribution in [0.5, 0.6) is 0 Å². The molecule has 2 fully saturated rings. The molecule has 0 unspecified atom stereocenters. The van der Waals surface area contributed by atoms with Crippen LogP contribution in [0, 0.1) is 0 Å². The fourth-order valence-corrected chi connectivity index (χ4v) is 2.80. The largest absolute Gasteiger partial charge is 0.444 e. The number of carbonyl (C=O) groups excluding carboxylic acids is 1. The minimum atomic E-state index is -0.397. The molecule has 4 nitrogen and oxygen atoms in total. The van der Waals surface area contributed by atoms with Gasteiger partial charge >= 0.3 is 6.09 Å². The lowest BCUT2D eigenvalue weighted by atomic mass is 9.90. The molecule has 2 atom stereocenters. The van der Waals surface area contributed by atoms with Crippen LogP contribution in [0.25, 0.3) is 0 Å². The maximum Gasteiger partial charge on any atom is 0.410 e. The molecule has 0 spiro atoms. The van der Waals surface area contributed by atoms with Crippen molar-refractivity contribution in [2.75, 3.05) is 13.1 Å². The minimum Gasteiger partial charge on any atom is -0.444 e. The monoisotopic (exact) mass is 240 g/mol. The van der Waals surface area contributed by atoms with Crippen molar-refractivity contribution in [3.63, 3.8) is 0 Å². The Labute approximate surface area is 104 Å². The number of nitrogens with zero attached hydrogens (tertiary/aromatic N) is 1. The normalized spacial score (nSPS) is 29.7. The average molecular weight is 240 g/mol. The number of amides is 1. The lowest BCUT2D eigenvalue weighted by Crippen LogP contribution is -2.59. The topological polar surface area (TPSA) is 41.6 Å². The van der Waals surface area contributed by atoms with Crippen LogP contribution in [0.2, 0.25) is 0 Å². The SMILES string of the molecule is CC(C)(C)OC(=O)N1CCC[C@H]2NCCC[C@H]21. The zero-order valence-corrected chi connectivity index (χ0v) is 11.2. The maximum atomic E-state index is 12.1. The molecule has 0 bridgehead atoms. The third-order valence-electron chi connectivity index (χ3n) is 3.49. The van der Waals surface area contributed by atoms with E-state index in [0.29, 0.717) is 12.1 Å². The van der Waals surface area contributed by atoms with Gasteiger partial charge in [0, 0.05) is 12.6 Å². The number of ether oxygens (including phenoxy) is 1. The van der Waals surface area contributed by atoms with Gasteiger partial charge < -0.3 is 15.0 Å². The highest BCUT2D eigenvalue weighted by Crippen LogP contribution is 2.26. The molecule has 0 radical (unpaired) electrons. The van der Waals surface area contributed by atoms with Crippen LogP contribution in [0.1, 0.15) is 46.5 Å². The molecule has 2 saturated heterocycles. The van der Waals surface area contributed by atoms with E-state index in [1.807, 2.05) is 25.7 Å². The van der Waals surface area contributed by atoms with Crippen molar-refractivity contribution in [3.05, 3.63) is 0 Å². The molecule has 0 aliphatic carbocycles. The van der Waals surface area contributed by atoms with E-state index in [2.05, 4.69) is 5.32 Å². The number of fused-ring (bicyclic) bond motifs is 1.